The molecule has 100 valence electrons. The predicted octanol–water partition coefficient (Wildman–Crippen LogP) is 3.53. The highest BCUT2D eigenvalue weighted by molar-refractivity contribution is 6.02. The van der Waals surface area contributed by atoms with Crippen LogP contribution in [0.25, 0.3) is 0 Å². The van der Waals surface area contributed by atoms with E-state index in [0.717, 1.165) is 36.8 Å². The molecule has 0 aromatic carbocycles. The molecule has 2 nitrogen and oxygen atoms in total. The first kappa shape index (κ1) is 13.5. The molecule has 2 aliphatic carbocycles. The second-order valence-corrected chi connectivity index (χ2v) is 6.02. The monoisotopic (exact) mass is 248 g/mol. The van der Waals surface area contributed by atoms with Gasteiger partial charge in [0.05, 0.1) is 12.0 Å². The van der Waals surface area contributed by atoms with Gasteiger partial charge in [0.25, 0.3) is 0 Å². The highest BCUT2D eigenvalue weighted by Gasteiger charge is 2.45. The Morgan fingerprint density at radius 2 is 2.28 bits per heavy atom. The van der Waals surface area contributed by atoms with E-state index in [4.69, 9.17) is 4.74 Å². The van der Waals surface area contributed by atoms with Crippen LogP contribution in [0, 0.1) is 17.3 Å². The molecule has 1 fully saturated rings. The summed E-state index contributed by atoms with van der Waals surface area (Å²) in [5, 5.41) is 0. The van der Waals surface area contributed by atoms with Gasteiger partial charge in [-0.2, -0.15) is 0 Å². The molecular weight excluding hydrogens is 224 g/mol. The largest absolute Gasteiger partial charge is 0.384 e. The third-order valence-electron chi connectivity index (χ3n) is 4.83. The smallest absolute Gasteiger partial charge is 0.168 e. The van der Waals surface area contributed by atoms with Crippen molar-refractivity contribution < 1.29 is 9.53 Å². The summed E-state index contributed by atoms with van der Waals surface area (Å²) in [6.45, 7) is 9.09. The predicted molar refractivity (Wildman–Crippen MR) is 73.3 cm³/mol. The average Bonchev–Trinajstić information content (AvgIpc) is 2.91. The first-order chi connectivity index (χ1) is 8.50. The summed E-state index contributed by atoms with van der Waals surface area (Å²) in [4.78, 5) is 12.8. The van der Waals surface area contributed by atoms with E-state index in [-0.39, 0.29) is 5.41 Å². The topological polar surface area (TPSA) is 26.3 Å². The molecule has 0 bridgehead atoms. The van der Waals surface area contributed by atoms with E-state index in [1.807, 2.05) is 0 Å². The summed E-state index contributed by atoms with van der Waals surface area (Å²) in [6.07, 6.45) is 6.21. The fraction of sp³-hybridized carbons (Fsp3) is 0.688. The van der Waals surface area contributed by atoms with Gasteiger partial charge in [-0.3, -0.25) is 4.79 Å². The molecule has 0 aromatic heterocycles. The van der Waals surface area contributed by atoms with Crippen LogP contribution in [-0.4, -0.2) is 19.5 Å². The zero-order valence-electron chi connectivity index (χ0n) is 11.8. The standard InChI is InChI=1S/C16H24O2/c1-11-8-9-16(3,12(11)2)15(17)14-7-5-6-13(14)10-18-4/h7,11,13H,2,5-6,8-10H2,1,3-4H3. The van der Waals surface area contributed by atoms with Crippen LogP contribution in [0.3, 0.4) is 0 Å². The number of carbonyl (C=O) groups excluding carboxylic acids is 1. The molecule has 2 rings (SSSR count). The molecular formula is C16H24O2. The second-order valence-electron chi connectivity index (χ2n) is 6.02. The van der Waals surface area contributed by atoms with Crippen LogP contribution in [0.4, 0.5) is 0 Å². The number of ketones is 1. The Hall–Kier alpha value is -0.890. The van der Waals surface area contributed by atoms with Crippen molar-refractivity contribution in [3.63, 3.8) is 0 Å². The zero-order chi connectivity index (χ0) is 13.3. The van der Waals surface area contributed by atoms with Crippen LogP contribution >= 0.6 is 0 Å². The number of ether oxygens (including phenoxy) is 1. The summed E-state index contributed by atoms with van der Waals surface area (Å²) in [5.41, 5.74) is 1.78. The van der Waals surface area contributed by atoms with Gasteiger partial charge in [0.1, 0.15) is 0 Å². The van der Waals surface area contributed by atoms with Gasteiger partial charge in [-0.05, 0) is 44.1 Å². The Labute approximate surface area is 110 Å². The fourth-order valence-electron chi connectivity index (χ4n) is 3.38. The SMILES string of the molecule is C=C1C(C)CCC1(C)C(=O)C1=CCCC1COC. The average molecular weight is 248 g/mol. The van der Waals surface area contributed by atoms with Crippen molar-refractivity contribution in [3.05, 3.63) is 23.8 Å². The van der Waals surface area contributed by atoms with Crippen LogP contribution in [-0.2, 0) is 9.53 Å². The first-order valence-corrected chi connectivity index (χ1v) is 6.93. The van der Waals surface area contributed by atoms with Gasteiger partial charge in [-0.15, -0.1) is 0 Å². The molecule has 3 atom stereocenters. The lowest BCUT2D eigenvalue weighted by molar-refractivity contribution is -0.122. The Kier molecular flexibility index (Phi) is 3.76. The molecule has 0 spiro atoms. The first-order valence-electron chi connectivity index (χ1n) is 6.93. The van der Waals surface area contributed by atoms with Crippen molar-refractivity contribution in [2.45, 2.75) is 39.5 Å². The molecule has 1 saturated carbocycles. The summed E-state index contributed by atoms with van der Waals surface area (Å²) < 4.78 is 5.23. The van der Waals surface area contributed by atoms with E-state index in [1.54, 1.807) is 7.11 Å². The Balaban J connectivity index is 2.19. The molecule has 2 heteroatoms. The highest BCUT2D eigenvalue weighted by Crippen LogP contribution is 2.48. The van der Waals surface area contributed by atoms with Gasteiger partial charge < -0.3 is 4.74 Å². The van der Waals surface area contributed by atoms with Crippen molar-refractivity contribution >= 4 is 5.78 Å². The number of carbonyl (C=O) groups is 1. The van der Waals surface area contributed by atoms with E-state index < -0.39 is 0 Å². The summed E-state index contributed by atoms with van der Waals surface area (Å²) in [5.74, 6) is 1.07. The van der Waals surface area contributed by atoms with E-state index in [2.05, 4.69) is 26.5 Å². The van der Waals surface area contributed by atoms with Crippen molar-refractivity contribution in [1.82, 2.24) is 0 Å². The normalized spacial score (nSPS) is 35.9. The number of rotatable bonds is 4. The minimum absolute atomic E-state index is 0.294. The van der Waals surface area contributed by atoms with Gasteiger partial charge in [0.15, 0.2) is 5.78 Å². The molecule has 2 aliphatic rings. The lowest BCUT2D eigenvalue weighted by atomic mass is 9.75. The van der Waals surface area contributed by atoms with Crippen molar-refractivity contribution in [1.29, 1.82) is 0 Å². The zero-order valence-corrected chi connectivity index (χ0v) is 11.8. The molecule has 18 heavy (non-hydrogen) atoms. The van der Waals surface area contributed by atoms with Crippen molar-refractivity contribution in [3.8, 4) is 0 Å². The summed E-state index contributed by atoms with van der Waals surface area (Å²) >= 11 is 0. The Morgan fingerprint density at radius 1 is 1.56 bits per heavy atom. The third-order valence-corrected chi connectivity index (χ3v) is 4.83. The minimum Gasteiger partial charge on any atom is -0.384 e. The van der Waals surface area contributed by atoms with Gasteiger partial charge in [-0.25, -0.2) is 0 Å². The van der Waals surface area contributed by atoms with Gasteiger partial charge in [0, 0.05) is 13.0 Å². The van der Waals surface area contributed by atoms with Crippen molar-refractivity contribution in [2.24, 2.45) is 17.3 Å². The van der Waals surface area contributed by atoms with Crippen LogP contribution in [0.1, 0.15) is 39.5 Å². The molecule has 3 unspecified atom stereocenters. The molecule has 0 heterocycles. The van der Waals surface area contributed by atoms with Crippen LogP contribution < -0.4 is 0 Å². The third kappa shape index (κ3) is 2.07. The van der Waals surface area contributed by atoms with Gasteiger partial charge >= 0.3 is 0 Å². The molecule has 0 saturated heterocycles. The number of methoxy groups -OCH3 is 1. The quantitative estimate of drug-likeness (QED) is 0.711. The van der Waals surface area contributed by atoms with Crippen molar-refractivity contribution in [2.75, 3.05) is 13.7 Å². The number of hydrogen-bond donors (Lipinski definition) is 0. The van der Waals surface area contributed by atoms with Gasteiger partial charge in [0.2, 0.25) is 0 Å². The minimum atomic E-state index is -0.332. The van der Waals surface area contributed by atoms with E-state index in [1.165, 1.54) is 0 Å². The lowest BCUT2D eigenvalue weighted by Gasteiger charge is -2.27. The summed E-state index contributed by atoms with van der Waals surface area (Å²) in [6, 6.07) is 0. The number of allylic oxidation sites excluding steroid dienone is 2. The van der Waals surface area contributed by atoms with Gasteiger partial charge in [-0.1, -0.05) is 25.2 Å². The van der Waals surface area contributed by atoms with E-state index in [0.29, 0.717) is 24.2 Å². The maximum atomic E-state index is 12.8. The Morgan fingerprint density at radius 3 is 2.83 bits per heavy atom. The molecule has 0 N–H and O–H groups in total. The van der Waals surface area contributed by atoms with Crippen LogP contribution in [0.5, 0.6) is 0 Å². The number of hydrogen-bond acceptors (Lipinski definition) is 2. The number of Topliss-reactive ketones (excluding diaryl/α,β-unsaturated/α-hetero) is 1. The van der Waals surface area contributed by atoms with E-state index >= 15 is 0 Å². The molecule has 0 aliphatic heterocycles. The molecule has 0 aromatic rings. The maximum absolute atomic E-state index is 12.8. The van der Waals surface area contributed by atoms with E-state index in [9.17, 15) is 4.79 Å². The second kappa shape index (κ2) is 5.00. The van der Waals surface area contributed by atoms with Crippen LogP contribution in [0.15, 0.2) is 23.8 Å². The molecule has 0 amide bonds. The maximum Gasteiger partial charge on any atom is 0.168 e. The Bertz CT molecular complexity index is 394. The highest BCUT2D eigenvalue weighted by atomic mass is 16.5. The van der Waals surface area contributed by atoms with Crippen LogP contribution in [0.2, 0.25) is 0 Å². The fourth-order valence-corrected chi connectivity index (χ4v) is 3.38. The summed E-state index contributed by atoms with van der Waals surface area (Å²) in [7, 11) is 1.71. The lowest BCUT2D eigenvalue weighted by Crippen LogP contribution is -2.30. The molecule has 0 radical (unpaired) electrons.